The van der Waals surface area contributed by atoms with Crippen molar-refractivity contribution in [2.45, 2.75) is 26.2 Å². The van der Waals surface area contributed by atoms with Gasteiger partial charge in [0.05, 0.1) is 13.0 Å². The molecule has 0 bridgehead atoms. The molecular weight excluding hydrogens is 188 g/mol. The highest BCUT2D eigenvalue weighted by Crippen LogP contribution is 2.03. The third-order valence-electron chi connectivity index (χ3n) is 1.48. The summed E-state index contributed by atoms with van der Waals surface area (Å²) in [5.74, 6) is -1.56. The zero-order valence-corrected chi connectivity index (χ0v) is 8.12. The van der Waals surface area contributed by atoms with E-state index in [-0.39, 0.29) is 12.0 Å². The summed E-state index contributed by atoms with van der Waals surface area (Å²) in [4.78, 5) is 25.0. The first-order valence-electron chi connectivity index (χ1n) is 4.31. The van der Waals surface area contributed by atoms with Crippen LogP contribution in [-0.4, -0.2) is 23.8 Å². The molecule has 0 amide bonds. The zero-order chi connectivity index (χ0) is 11.0. The van der Waals surface area contributed by atoms with Crippen LogP contribution in [0.1, 0.15) is 26.2 Å². The Bertz CT molecular complexity index is 221. The molecule has 0 saturated heterocycles. The predicted octanol–water partition coefficient (Wildman–Crippen LogP) is 1.29. The Balaban J connectivity index is 3.77. The van der Waals surface area contributed by atoms with E-state index in [1.165, 1.54) is 0 Å². The van der Waals surface area contributed by atoms with Crippen LogP contribution in [0.5, 0.6) is 0 Å². The number of esters is 1. The van der Waals surface area contributed by atoms with Crippen LogP contribution in [0, 0.1) is 0 Å². The highest BCUT2D eigenvalue weighted by atomic mass is 17.1. The number of carbonyl (C=O) groups excluding carboxylic acids is 2. The minimum Gasteiger partial charge on any atom is -0.462 e. The smallest absolute Gasteiger partial charge is 0.346 e. The second-order valence-corrected chi connectivity index (χ2v) is 2.73. The number of carbonyl (C=O) groups is 2. The molecule has 0 radical (unpaired) electrons. The van der Waals surface area contributed by atoms with Gasteiger partial charge in [0.15, 0.2) is 0 Å². The van der Waals surface area contributed by atoms with Gasteiger partial charge in [-0.2, -0.15) is 5.26 Å². The van der Waals surface area contributed by atoms with E-state index >= 15 is 0 Å². The van der Waals surface area contributed by atoms with E-state index in [2.05, 4.69) is 11.5 Å². The molecule has 1 N–H and O–H groups in total. The molecule has 0 atom stereocenters. The molecule has 0 saturated carbocycles. The van der Waals surface area contributed by atoms with Crippen molar-refractivity contribution in [1.82, 2.24) is 0 Å². The third-order valence-corrected chi connectivity index (χ3v) is 1.48. The summed E-state index contributed by atoms with van der Waals surface area (Å²) in [5, 5.41) is 7.94. The largest absolute Gasteiger partial charge is 0.462 e. The van der Waals surface area contributed by atoms with E-state index < -0.39 is 11.9 Å². The minimum atomic E-state index is -0.928. The molecule has 0 heterocycles. The van der Waals surface area contributed by atoms with Crippen LogP contribution < -0.4 is 0 Å². The van der Waals surface area contributed by atoms with Gasteiger partial charge >= 0.3 is 11.9 Å². The summed E-state index contributed by atoms with van der Waals surface area (Å²) >= 11 is 0. The molecule has 0 unspecified atom stereocenters. The molecule has 0 spiro atoms. The van der Waals surface area contributed by atoms with Crippen LogP contribution in [-0.2, 0) is 19.2 Å². The first-order valence-corrected chi connectivity index (χ1v) is 4.31. The first-order chi connectivity index (χ1) is 6.61. The van der Waals surface area contributed by atoms with Crippen LogP contribution >= 0.6 is 0 Å². The highest BCUT2D eigenvalue weighted by Gasteiger charge is 2.13. The number of rotatable bonds is 6. The Morgan fingerprint density at radius 3 is 2.57 bits per heavy atom. The molecule has 80 valence electrons. The van der Waals surface area contributed by atoms with E-state index in [1.807, 2.05) is 6.92 Å². The Morgan fingerprint density at radius 2 is 2.07 bits per heavy atom. The Morgan fingerprint density at radius 1 is 1.43 bits per heavy atom. The van der Waals surface area contributed by atoms with Crippen molar-refractivity contribution in [2.24, 2.45) is 0 Å². The van der Waals surface area contributed by atoms with Gasteiger partial charge in [-0.1, -0.05) is 19.9 Å². The van der Waals surface area contributed by atoms with Gasteiger partial charge in [0.25, 0.3) is 0 Å². The number of ether oxygens (including phenoxy) is 1. The van der Waals surface area contributed by atoms with Crippen LogP contribution in [0.2, 0.25) is 0 Å². The monoisotopic (exact) mass is 202 g/mol. The Labute approximate surface area is 82.2 Å². The van der Waals surface area contributed by atoms with Gasteiger partial charge in [0.1, 0.15) is 0 Å². The Kier molecular flexibility index (Phi) is 6.39. The second kappa shape index (κ2) is 7.08. The molecular formula is C9H14O5. The van der Waals surface area contributed by atoms with Crippen molar-refractivity contribution in [3.63, 3.8) is 0 Å². The van der Waals surface area contributed by atoms with E-state index in [9.17, 15) is 9.59 Å². The van der Waals surface area contributed by atoms with E-state index in [4.69, 9.17) is 9.99 Å². The topological polar surface area (TPSA) is 72.8 Å². The van der Waals surface area contributed by atoms with Crippen LogP contribution in [0.4, 0.5) is 0 Å². The number of unbranched alkanes of at least 4 members (excludes halogenated alkanes) is 1. The normalized spacial score (nSPS) is 9.29. The average Bonchev–Trinajstić information content (AvgIpc) is 2.17. The van der Waals surface area contributed by atoms with Crippen molar-refractivity contribution in [3.8, 4) is 0 Å². The minimum absolute atomic E-state index is 0.0276. The molecule has 5 nitrogen and oxygen atoms in total. The van der Waals surface area contributed by atoms with Gasteiger partial charge in [-0.05, 0) is 6.42 Å². The molecule has 14 heavy (non-hydrogen) atoms. The molecule has 0 aromatic heterocycles. The third kappa shape index (κ3) is 5.31. The van der Waals surface area contributed by atoms with Crippen molar-refractivity contribution >= 4 is 11.9 Å². The summed E-state index contributed by atoms with van der Waals surface area (Å²) in [5.41, 5.74) is -0.0276. The van der Waals surface area contributed by atoms with Crippen molar-refractivity contribution in [1.29, 1.82) is 0 Å². The molecule has 0 fully saturated rings. The average molecular weight is 202 g/mol. The number of hydrogen-bond acceptors (Lipinski definition) is 5. The molecule has 0 aliphatic carbocycles. The van der Waals surface area contributed by atoms with Gasteiger partial charge in [0, 0.05) is 5.57 Å². The molecule has 5 heteroatoms. The molecule has 0 rings (SSSR count). The lowest BCUT2D eigenvalue weighted by atomic mass is 10.2. The second-order valence-electron chi connectivity index (χ2n) is 2.73. The quantitative estimate of drug-likeness (QED) is 0.231. The Hall–Kier alpha value is -1.36. The zero-order valence-electron chi connectivity index (χ0n) is 8.12. The molecule has 0 aromatic rings. The molecule has 0 aliphatic rings. The van der Waals surface area contributed by atoms with Crippen LogP contribution in [0.25, 0.3) is 0 Å². The maximum absolute atomic E-state index is 11.1. The lowest BCUT2D eigenvalue weighted by Crippen LogP contribution is -2.12. The summed E-state index contributed by atoms with van der Waals surface area (Å²) in [6.07, 6.45) is 1.32. The summed E-state index contributed by atoms with van der Waals surface area (Å²) in [7, 11) is 0. The number of hydrogen-bond donors (Lipinski definition) is 1. The predicted molar refractivity (Wildman–Crippen MR) is 48.3 cm³/mol. The van der Waals surface area contributed by atoms with Gasteiger partial charge in [-0.15, -0.1) is 0 Å². The van der Waals surface area contributed by atoms with Crippen LogP contribution in [0.3, 0.4) is 0 Å². The maximum atomic E-state index is 11.1. The van der Waals surface area contributed by atoms with Crippen molar-refractivity contribution in [3.05, 3.63) is 12.2 Å². The fraction of sp³-hybridized carbons (Fsp3) is 0.556. The van der Waals surface area contributed by atoms with E-state index in [1.54, 1.807) is 0 Å². The fourth-order valence-electron chi connectivity index (χ4n) is 0.690. The van der Waals surface area contributed by atoms with Gasteiger partial charge in [-0.3, -0.25) is 0 Å². The highest BCUT2D eigenvalue weighted by molar-refractivity contribution is 5.93. The van der Waals surface area contributed by atoms with Gasteiger partial charge in [-0.25, -0.2) is 9.59 Å². The fourth-order valence-corrected chi connectivity index (χ4v) is 0.690. The maximum Gasteiger partial charge on any atom is 0.346 e. The molecule has 0 aromatic carbocycles. The standard InChI is InChI=1S/C9H14O5/c1-3-4-5-13-9(11)7(2)6-8(10)14-12/h12H,2-6H2,1H3. The SMILES string of the molecule is C=C(CC(=O)OO)C(=O)OCCCC. The van der Waals surface area contributed by atoms with Crippen LogP contribution in [0.15, 0.2) is 12.2 Å². The van der Waals surface area contributed by atoms with E-state index in [0.29, 0.717) is 6.61 Å². The van der Waals surface area contributed by atoms with Crippen molar-refractivity contribution < 1.29 is 24.5 Å². The molecule has 0 aliphatic heterocycles. The van der Waals surface area contributed by atoms with Crippen molar-refractivity contribution in [2.75, 3.05) is 6.61 Å². The van der Waals surface area contributed by atoms with Gasteiger partial charge in [0.2, 0.25) is 0 Å². The lowest BCUT2D eigenvalue weighted by Gasteiger charge is -2.04. The summed E-state index contributed by atoms with van der Waals surface area (Å²) in [6, 6.07) is 0. The van der Waals surface area contributed by atoms with Gasteiger partial charge < -0.3 is 9.62 Å². The first kappa shape index (κ1) is 12.6. The lowest BCUT2D eigenvalue weighted by molar-refractivity contribution is -0.233. The summed E-state index contributed by atoms with van der Waals surface area (Å²) in [6.45, 7) is 5.61. The summed E-state index contributed by atoms with van der Waals surface area (Å²) < 4.78 is 4.76. The van der Waals surface area contributed by atoms with E-state index in [0.717, 1.165) is 12.8 Å².